The summed E-state index contributed by atoms with van der Waals surface area (Å²) in [4.78, 5) is 25.8. The van der Waals surface area contributed by atoms with E-state index >= 15 is 0 Å². The van der Waals surface area contributed by atoms with Gasteiger partial charge in [-0.3, -0.25) is 9.69 Å². The smallest absolute Gasteiger partial charge is 0.387 e. The van der Waals surface area contributed by atoms with E-state index in [0.717, 1.165) is 28.2 Å². The first-order valence-corrected chi connectivity index (χ1v) is 17.0. The highest BCUT2D eigenvalue weighted by atomic mass is 35.5. The lowest BCUT2D eigenvalue weighted by atomic mass is 9.90. The van der Waals surface area contributed by atoms with Crippen molar-refractivity contribution in [2.24, 2.45) is 0 Å². The van der Waals surface area contributed by atoms with E-state index in [1.54, 1.807) is 18.2 Å². The Bertz CT molecular complexity index is 2040. The molecule has 1 aliphatic heterocycles. The van der Waals surface area contributed by atoms with Crippen molar-refractivity contribution in [3.8, 4) is 28.3 Å². The Labute approximate surface area is 287 Å². The van der Waals surface area contributed by atoms with Gasteiger partial charge in [0, 0.05) is 59.6 Å². The Morgan fingerprint density at radius 2 is 1.88 bits per heavy atom. The predicted octanol–water partition coefficient (Wildman–Crippen LogP) is 8.86. The van der Waals surface area contributed by atoms with Gasteiger partial charge in [-0.05, 0) is 55.5 Å². The first-order valence-electron chi connectivity index (χ1n) is 15.8. The Morgan fingerprint density at radius 1 is 1.14 bits per heavy atom. The number of nitrogens with one attached hydrogen (secondary N) is 1. The molecule has 256 valence electrons. The number of thiazole rings is 1. The van der Waals surface area contributed by atoms with E-state index in [9.17, 15) is 27.5 Å². The highest BCUT2D eigenvalue weighted by Gasteiger charge is 2.38. The van der Waals surface area contributed by atoms with Crippen LogP contribution in [0.4, 0.5) is 23.2 Å². The molecular weight excluding hydrogens is 684 g/mol. The zero-order valence-electron chi connectivity index (χ0n) is 26.2. The largest absolute Gasteiger partial charge is 0.436 e. The number of aliphatic hydroxyl groups excluding tert-OH is 1. The fourth-order valence-corrected chi connectivity index (χ4v) is 7.86. The number of hydrogen-bond acceptors (Lipinski definition) is 8. The molecule has 2 N–H and O–H groups in total. The maximum absolute atomic E-state index is 13.7. The lowest BCUT2D eigenvalue weighted by molar-refractivity contribution is -0.0553. The number of rotatable bonds is 8. The van der Waals surface area contributed by atoms with E-state index in [1.165, 1.54) is 23.5 Å². The topological polar surface area (TPSA) is 101 Å². The molecule has 0 saturated heterocycles. The molecule has 1 fully saturated rings. The highest BCUT2D eigenvalue weighted by Crippen LogP contribution is 2.41. The lowest BCUT2D eigenvalue weighted by Gasteiger charge is -2.38. The SMILES string of the molecule is Cc1c(-c2nc3cc(CO)c(OC(F)F)cc3o2)cccc1-c1cccc(NC(=O)c2nc3c(s2)CCN(C2CCC(F)(F)CC2)C3)c1Cl. The number of oxazole rings is 1. The number of alkyl halides is 4. The molecule has 0 atom stereocenters. The van der Waals surface area contributed by atoms with Gasteiger partial charge < -0.3 is 19.6 Å². The number of aliphatic hydroxyl groups is 1. The maximum Gasteiger partial charge on any atom is 0.387 e. The number of ether oxygens (including phenoxy) is 1. The van der Waals surface area contributed by atoms with Gasteiger partial charge in [-0.1, -0.05) is 35.9 Å². The number of carbonyl (C=O) groups is 1. The van der Waals surface area contributed by atoms with Crippen molar-refractivity contribution in [2.45, 2.75) is 70.8 Å². The molecule has 8 nitrogen and oxygen atoms in total. The Kier molecular flexibility index (Phi) is 9.11. The van der Waals surface area contributed by atoms with Gasteiger partial charge in [0.15, 0.2) is 10.6 Å². The average molecular weight is 715 g/mol. The molecule has 0 spiro atoms. The number of carbonyl (C=O) groups excluding carboxylic acids is 1. The van der Waals surface area contributed by atoms with Crippen LogP contribution in [0.1, 0.15) is 57.2 Å². The van der Waals surface area contributed by atoms with Gasteiger partial charge in [0.1, 0.15) is 11.3 Å². The zero-order valence-corrected chi connectivity index (χ0v) is 27.8. The van der Waals surface area contributed by atoms with E-state index in [0.29, 0.717) is 58.2 Å². The number of amides is 1. The number of benzene rings is 3. The van der Waals surface area contributed by atoms with Crippen LogP contribution in [-0.2, 0) is 19.6 Å². The first kappa shape index (κ1) is 33.5. The molecule has 5 aromatic rings. The van der Waals surface area contributed by atoms with E-state index in [4.69, 9.17) is 16.0 Å². The Morgan fingerprint density at radius 3 is 2.63 bits per heavy atom. The molecule has 2 aromatic heterocycles. The van der Waals surface area contributed by atoms with Crippen molar-refractivity contribution in [2.75, 3.05) is 11.9 Å². The van der Waals surface area contributed by atoms with Crippen molar-refractivity contribution < 1.29 is 36.6 Å². The monoisotopic (exact) mass is 714 g/mol. The molecule has 0 radical (unpaired) electrons. The van der Waals surface area contributed by atoms with Crippen LogP contribution in [0.5, 0.6) is 5.75 Å². The summed E-state index contributed by atoms with van der Waals surface area (Å²) in [5, 5.41) is 13.2. The summed E-state index contributed by atoms with van der Waals surface area (Å²) in [6.45, 7) is -0.432. The van der Waals surface area contributed by atoms with Crippen LogP contribution in [0, 0.1) is 6.92 Å². The Balaban J connectivity index is 1.11. The molecule has 0 bridgehead atoms. The molecule has 14 heteroatoms. The van der Waals surface area contributed by atoms with Crippen molar-refractivity contribution in [3.63, 3.8) is 0 Å². The number of halogens is 5. The van der Waals surface area contributed by atoms with Crippen molar-refractivity contribution >= 4 is 45.6 Å². The lowest BCUT2D eigenvalue weighted by Crippen LogP contribution is -2.43. The molecule has 3 aromatic carbocycles. The van der Waals surface area contributed by atoms with Crippen LogP contribution >= 0.6 is 22.9 Å². The number of fused-ring (bicyclic) bond motifs is 2. The summed E-state index contributed by atoms with van der Waals surface area (Å²) in [6, 6.07) is 13.6. The van der Waals surface area contributed by atoms with Crippen molar-refractivity contribution in [1.82, 2.24) is 14.9 Å². The first-order chi connectivity index (χ1) is 23.5. The maximum atomic E-state index is 13.7. The second kappa shape index (κ2) is 13.3. The van der Waals surface area contributed by atoms with E-state index in [1.807, 2.05) is 25.1 Å². The fraction of sp³-hybridized carbons (Fsp3) is 0.343. The third-order valence-electron chi connectivity index (χ3n) is 9.21. The second-order valence-corrected chi connectivity index (χ2v) is 13.7. The van der Waals surface area contributed by atoms with Crippen LogP contribution in [-0.4, -0.2) is 51.0 Å². The minimum Gasteiger partial charge on any atom is -0.436 e. The molecule has 0 unspecified atom stereocenters. The summed E-state index contributed by atoms with van der Waals surface area (Å²) >= 11 is 8.24. The quantitative estimate of drug-likeness (QED) is 0.155. The molecule has 3 heterocycles. The van der Waals surface area contributed by atoms with Crippen molar-refractivity contribution in [1.29, 1.82) is 0 Å². The molecule has 1 amide bonds. The van der Waals surface area contributed by atoms with Crippen LogP contribution < -0.4 is 10.1 Å². The van der Waals surface area contributed by atoms with Gasteiger partial charge >= 0.3 is 6.61 Å². The summed E-state index contributed by atoms with van der Waals surface area (Å²) in [5.41, 5.74) is 4.75. The van der Waals surface area contributed by atoms with Gasteiger partial charge in [-0.2, -0.15) is 8.78 Å². The molecule has 1 saturated carbocycles. The third kappa shape index (κ3) is 6.77. The summed E-state index contributed by atoms with van der Waals surface area (Å²) in [7, 11) is 0. The Hall–Kier alpha value is -4.04. The van der Waals surface area contributed by atoms with Crippen LogP contribution in [0.25, 0.3) is 33.7 Å². The van der Waals surface area contributed by atoms with Crippen LogP contribution in [0.2, 0.25) is 5.02 Å². The van der Waals surface area contributed by atoms with Gasteiger partial charge in [-0.25, -0.2) is 18.7 Å². The van der Waals surface area contributed by atoms with E-state index < -0.39 is 25.0 Å². The highest BCUT2D eigenvalue weighted by molar-refractivity contribution is 7.13. The third-order valence-corrected chi connectivity index (χ3v) is 10.8. The summed E-state index contributed by atoms with van der Waals surface area (Å²) in [5.74, 6) is -2.93. The molecule has 2 aliphatic rings. The second-order valence-electron chi connectivity index (χ2n) is 12.3. The van der Waals surface area contributed by atoms with Gasteiger partial charge in [0.25, 0.3) is 5.91 Å². The fourth-order valence-electron chi connectivity index (χ4n) is 6.63. The average Bonchev–Trinajstić information content (AvgIpc) is 3.69. The number of nitrogens with zero attached hydrogens (tertiary/aromatic N) is 3. The molecular formula is C35H31ClF4N4O4S. The van der Waals surface area contributed by atoms with Gasteiger partial charge in [0.05, 0.1) is 23.0 Å². The van der Waals surface area contributed by atoms with Crippen LogP contribution in [0.3, 0.4) is 0 Å². The number of aromatic nitrogens is 2. The van der Waals surface area contributed by atoms with Crippen LogP contribution in [0.15, 0.2) is 52.9 Å². The van der Waals surface area contributed by atoms with Crippen molar-refractivity contribution in [3.05, 3.63) is 80.3 Å². The molecule has 49 heavy (non-hydrogen) atoms. The molecule has 1 aliphatic carbocycles. The van der Waals surface area contributed by atoms with Gasteiger partial charge in [0.2, 0.25) is 11.8 Å². The number of anilines is 1. The van der Waals surface area contributed by atoms with Gasteiger partial charge in [-0.15, -0.1) is 11.3 Å². The predicted molar refractivity (Wildman–Crippen MR) is 179 cm³/mol. The minimum atomic E-state index is -3.07. The summed E-state index contributed by atoms with van der Waals surface area (Å²) < 4.78 is 63.7. The van der Waals surface area contributed by atoms with E-state index in [-0.39, 0.29) is 41.7 Å². The standard InChI is InChI=1S/C35H31ClF4N4O4S/c1-18-21(4-2-5-22(18)32-42-25-14-19(17-45)27(48-34(37)38)15-28(25)47-32)23-6-3-7-24(30(23)36)41-31(46)33-43-26-16-44(13-10-29(26)49-33)20-8-11-35(39,40)12-9-20/h2-7,14-15,20,34,45H,8-13,16-17H2,1H3,(H,41,46). The number of hydrogen-bond donors (Lipinski definition) is 2. The minimum absolute atomic E-state index is 0.0948. The summed E-state index contributed by atoms with van der Waals surface area (Å²) in [6.07, 6.45) is 1.43. The zero-order chi connectivity index (χ0) is 34.4. The van der Waals surface area contributed by atoms with E-state index in [2.05, 4.69) is 24.9 Å². The molecule has 7 rings (SSSR count). The normalized spacial score (nSPS) is 16.7.